The summed E-state index contributed by atoms with van der Waals surface area (Å²) in [7, 11) is 0. The zero-order valence-corrected chi connectivity index (χ0v) is 9.79. The van der Waals surface area contributed by atoms with Crippen LogP contribution in [0.15, 0.2) is 24.3 Å². The number of nitrogens with one attached hydrogen (secondary N) is 1. The molecule has 0 radical (unpaired) electrons. The molecule has 88 valence electrons. The second kappa shape index (κ2) is 6.26. The first kappa shape index (κ1) is 12.7. The van der Waals surface area contributed by atoms with Crippen LogP contribution in [0.3, 0.4) is 0 Å². The molecular formula is C13H18FNO. The van der Waals surface area contributed by atoms with E-state index in [9.17, 15) is 9.18 Å². The Morgan fingerprint density at radius 2 is 2.06 bits per heavy atom. The molecule has 1 aromatic carbocycles. The Hall–Kier alpha value is -1.38. The van der Waals surface area contributed by atoms with Gasteiger partial charge in [0.2, 0.25) is 0 Å². The van der Waals surface area contributed by atoms with Crippen LogP contribution < -0.4 is 5.32 Å². The van der Waals surface area contributed by atoms with E-state index in [0.29, 0.717) is 12.5 Å². The lowest BCUT2D eigenvalue weighted by molar-refractivity contribution is 0.0948. The molecule has 0 saturated carbocycles. The van der Waals surface area contributed by atoms with Gasteiger partial charge >= 0.3 is 0 Å². The molecule has 1 aromatic rings. The molecule has 16 heavy (non-hydrogen) atoms. The lowest BCUT2D eigenvalue weighted by atomic mass is 10.1. The highest BCUT2D eigenvalue weighted by Gasteiger charge is 2.09. The predicted octanol–water partition coefficient (Wildman–Crippen LogP) is 2.99. The van der Waals surface area contributed by atoms with E-state index in [1.807, 2.05) is 0 Å². The van der Waals surface area contributed by atoms with Gasteiger partial charge in [-0.05, 0) is 30.9 Å². The molecule has 0 saturated heterocycles. The summed E-state index contributed by atoms with van der Waals surface area (Å²) in [6.45, 7) is 4.88. The summed E-state index contributed by atoms with van der Waals surface area (Å²) in [5, 5.41) is 2.72. The summed E-state index contributed by atoms with van der Waals surface area (Å²) < 4.78 is 13.2. The number of carbonyl (C=O) groups excluding carboxylic acids is 1. The Kier molecular flexibility index (Phi) is 4.96. The van der Waals surface area contributed by atoms with Crippen molar-refractivity contribution in [2.45, 2.75) is 26.7 Å². The topological polar surface area (TPSA) is 29.1 Å². The Morgan fingerprint density at radius 3 is 2.69 bits per heavy atom. The fourth-order valence-electron chi connectivity index (χ4n) is 1.45. The number of carbonyl (C=O) groups is 1. The van der Waals surface area contributed by atoms with Crippen LogP contribution in [0.1, 0.15) is 37.0 Å². The second-order valence-electron chi connectivity index (χ2n) is 4.27. The maximum atomic E-state index is 13.2. The molecule has 2 nitrogen and oxygen atoms in total. The van der Waals surface area contributed by atoms with Gasteiger partial charge in [0.1, 0.15) is 5.82 Å². The Bertz CT molecular complexity index is 350. The molecule has 1 N–H and O–H groups in total. The van der Waals surface area contributed by atoms with E-state index in [4.69, 9.17) is 0 Å². The van der Waals surface area contributed by atoms with Gasteiger partial charge in [0.05, 0.1) is 5.56 Å². The van der Waals surface area contributed by atoms with Gasteiger partial charge in [0, 0.05) is 6.54 Å². The maximum Gasteiger partial charge on any atom is 0.254 e. The van der Waals surface area contributed by atoms with E-state index in [2.05, 4.69) is 19.2 Å². The minimum atomic E-state index is -0.469. The summed E-state index contributed by atoms with van der Waals surface area (Å²) in [6, 6.07) is 6.02. The van der Waals surface area contributed by atoms with Crippen LogP contribution in [-0.4, -0.2) is 12.5 Å². The summed E-state index contributed by atoms with van der Waals surface area (Å²) in [5.41, 5.74) is 0.118. The van der Waals surface area contributed by atoms with Crippen molar-refractivity contribution in [3.05, 3.63) is 35.6 Å². The van der Waals surface area contributed by atoms with E-state index < -0.39 is 5.82 Å². The molecule has 1 amide bonds. The number of amides is 1. The summed E-state index contributed by atoms with van der Waals surface area (Å²) >= 11 is 0. The monoisotopic (exact) mass is 223 g/mol. The van der Waals surface area contributed by atoms with Crippen molar-refractivity contribution in [3.8, 4) is 0 Å². The van der Waals surface area contributed by atoms with Crippen molar-refractivity contribution in [2.75, 3.05) is 6.54 Å². The highest BCUT2D eigenvalue weighted by Crippen LogP contribution is 2.06. The molecule has 3 heteroatoms. The quantitative estimate of drug-likeness (QED) is 0.764. The summed E-state index contributed by atoms with van der Waals surface area (Å²) in [6.07, 6.45) is 2.00. The highest BCUT2D eigenvalue weighted by molar-refractivity contribution is 5.94. The first-order chi connectivity index (χ1) is 7.61. The summed E-state index contributed by atoms with van der Waals surface area (Å²) in [5.74, 6) is -0.170. The minimum Gasteiger partial charge on any atom is -0.352 e. The minimum absolute atomic E-state index is 0.118. The van der Waals surface area contributed by atoms with E-state index in [1.54, 1.807) is 12.1 Å². The highest BCUT2D eigenvalue weighted by atomic mass is 19.1. The molecule has 0 heterocycles. The molecular weight excluding hydrogens is 205 g/mol. The molecule has 0 atom stereocenters. The third-order valence-corrected chi connectivity index (χ3v) is 2.36. The largest absolute Gasteiger partial charge is 0.352 e. The second-order valence-corrected chi connectivity index (χ2v) is 4.27. The van der Waals surface area contributed by atoms with E-state index in [0.717, 1.165) is 12.8 Å². The van der Waals surface area contributed by atoms with Crippen LogP contribution in [0.2, 0.25) is 0 Å². The van der Waals surface area contributed by atoms with E-state index >= 15 is 0 Å². The number of rotatable bonds is 5. The van der Waals surface area contributed by atoms with Gasteiger partial charge < -0.3 is 5.32 Å². The van der Waals surface area contributed by atoms with Gasteiger partial charge in [-0.2, -0.15) is 0 Å². The Balaban J connectivity index is 2.39. The maximum absolute atomic E-state index is 13.2. The van der Waals surface area contributed by atoms with Gasteiger partial charge in [-0.15, -0.1) is 0 Å². The Labute approximate surface area is 95.9 Å². The molecule has 0 unspecified atom stereocenters. The van der Waals surface area contributed by atoms with Crippen LogP contribution in [0, 0.1) is 11.7 Å². The number of benzene rings is 1. The average molecular weight is 223 g/mol. The lowest BCUT2D eigenvalue weighted by Gasteiger charge is -2.07. The van der Waals surface area contributed by atoms with Crippen molar-refractivity contribution in [1.82, 2.24) is 5.32 Å². The average Bonchev–Trinajstić information content (AvgIpc) is 2.24. The van der Waals surface area contributed by atoms with Crippen LogP contribution in [0.25, 0.3) is 0 Å². The van der Waals surface area contributed by atoms with Crippen molar-refractivity contribution < 1.29 is 9.18 Å². The molecule has 0 spiro atoms. The lowest BCUT2D eigenvalue weighted by Crippen LogP contribution is -2.25. The Morgan fingerprint density at radius 1 is 1.38 bits per heavy atom. The molecule has 0 aliphatic rings. The fraction of sp³-hybridized carbons (Fsp3) is 0.462. The first-order valence-electron chi connectivity index (χ1n) is 5.64. The fourth-order valence-corrected chi connectivity index (χ4v) is 1.45. The van der Waals surface area contributed by atoms with Crippen LogP contribution >= 0.6 is 0 Å². The van der Waals surface area contributed by atoms with Gasteiger partial charge in [-0.1, -0.05) is 26.0 Å². The van der Waals surface area contributed by atoms with E-state index in [1.165, 1.54) is 12.1 Å². The third kappa shape index (κ3) is 4.01. The SMILES string of the molecule is CC(C)CCCNC(=O)c1ccccc1F. The number of halogens is 1. The predicted molar refractivity (Wildman–Crippen MR) is 62.8 cm³/mol. The first-order valence-corrected chi connectivity index (χ1v) is 5.64. The van der Waals surface area contributed by atoms with Crippen molar-refractivity contribution in [1.29, 1.82) is 0 Å². The van der Waals surface area contributed by atoms with Gasteiger partial charge in [-0.3, -0.25) is 4.79 Å². The molecule has 0 fully saturated rings. The zero-order valence-electron chi connectivity index (χ0n) is 9.79. The smallest absolute Gasteiger partial charge is 0.254 e. The molecule has 0 aromatic heterocycles. The standard InChI is InChI=1S/C13H18FNO/c1-10(2)6-5-9-15-13(16)11-7-3-4-8-12(11)14/h3-4,7-8,10H,5-6,9H2,1-2H3,(H,15,16). The van der Waals surface area contributed by atoms with Crippen molar-refractivity contribution in [3.63, 3.8) is 0 Å². The number of hydrogen-bond donors (Lipinski definition) is 1. The van der Waals surface area contributed by atoms with Crippen LogP contribution in [0.4, 0.5) is 4.39 Å². The van der Waals surface area contributed by atoms with Crippen LogP contribution in [0.5, 0.6) is 0 Å². The molecule has 0 aliphatic carbocycles. The molecule has 0 aliphatic heterocycles. The van der Waals surface area contributed by atoms with Crippen LogP contribution in [-0.2, 0) is 0 Å². The number of hydrogen-bond acceptors (Lipinski definition) is 1. The zero-order chi connectivity index (χ0) is 12.0. The third-order valence-electron chi connectivity index (χ3n) is 2.36. The molecule has 0 bridgehead atoms. The molecule has 1 rings (SSSR count). The van der Waals surface area contributed by atoms with Gasteiger partial charge in [0.15, 0.2) is 0 Å². The normalized spacial score (nSPS) is 10.5. The van der Waals surface area contributed by atoms with Crippen molar-refractivity contribution in [2.24, 2.45) is 5.92 Å². The van der Waals surface area contributed by atoms with Crippen molar-refractivity contribution >= 4 is 5.91 Å². The summed E-state index contributed by atoms with van der Waals surface area (Å²) in [4.78, 5) is 11.6. The van der Waals surface area contributed by atoms with Gasteiger partial charge in [0.25, 0.3) is 5.91 Å². The van der Waals surface area contributed by atoms with Gasteiger partial charge in [-0.25, -0.2) is 4.39 Å². The van der Waals surface area contributed by atoms with E-state index in [-0.39, 0.29) is 11.5 Å².